The summed E-state index contributed by atoms with van der Waals surface area (Å²) in [6.07, 6.45) is -0.553. The molecule has 0 aromatic heterocycles. The Hall–Kier alpha value is -1.62. The molecule has 1 rings (SSSR count). The van der Waals surface area contributed by atoms with Crippen LogP contribution in [0.25, 0.3) is 0 Å². The maximum atomic E-state index is 10.3. The van der Waals surface area contributed by atoms with Gasteiger partial charge < -0.3 is 19.9 Å². The van der Waals surface area contributed by atoms with Gasteiger partial charge in [0.05, 0.1) is 19.2 Å². The topological polar surface area (TPSA) is 67.8 Å². The zero-order chi connectivity index (χ0) is 12.8. The smallest absolute Gasteiger partial charge is 0.404 e. The van der Waals surface area contributed by atoms with Crippen LogP contribution < -0.4 is 14.8 Å². The molecule has 2 N–H and O–H groups in total. The van der Waals surface area contributed by atoms with E-state index in [-0.39, 0.29) is 0 Å². The van der Waals surface area contributed by atoms with Gasteiger partial charge in [-0.3, -0.25) is 0 Å². The molecule has 0 spiro atoms. The Morgan fingerprint density at radius 3 is 2.53 bits per heavy atom. The summed E-state index contributed by atoms with van der Waals surface area (Å²) in [6.45, 7) is 0.300. The molecule has 0 aliphatic heterocycles. The summed E-state index contributed by atoms with van der Waals surface area (Å²) >= 11 is 5.98. The molecule has 0 unspecified atom stereocenters. The van der Waals surface area contributed by atoms with E-state index in [1.54, 1.807) is 12.1 Å². The van der Waals surface area contributed by atoms with Gasteiger partial charge in [-0.2, -0.15) is 0 Å². The van der Waals surface area contributed by atoms with Gasteiger partial charge in [0.2, 0.25) is 0 Å². The lowest BCUT2D eigenvalue weighted by molar-refractivity contribution is 0.194. The molecule has 0 aliphatic rings. The van der Waals surface area contributed by atoms with E-state index < -0.39 is 6.09 Å². The number of amides is 1. The fraction of sp³-hybridized carbons (Fsp3) is 0.364. The number of hydrogen-bond donors (Lipinski definition) is 2. The molecule has 0 heterocycles. The molecule has 1 aromatic carbocycles. The van der Waals surface area contributed by atoms with Crippen molar-refractivity contribution in [3.05, 3.63) is 22.7 Å². The SMILES string of the molecule is COc1cc(OC)c(CCNC(=O)O)cc1Cl. The van der Waals surface area contributed by atoms with Crippen molar-refractivity contribution in [2.24, 2.45) is 0 Å². The van der Waals surface area contributed by atoms with Crippen LogP contribution in [0.5, 0.6) is 11.5 Å². The Labute approximate surface area is 104 Å². The third-order valence-electron chi connectivity index (χ3n) is 2.23. The van der Waals surface area contributed by atoms with E-state index >= 15 is 0 Å². The monoisotopic (exact) mass is 259 g/mol. The molecular weight excluding hydrogens is 246 g/mol. The van der Waals surface area contributed by atoms with Gasteiger partial charge in [0.15, 0.2) is 0 Å². The highest BCUT2D eigenvalue weighted by atomic mass is 35.5. The molecular formula is C11H14ClNO4. The zero-order valence-corrected chi connectivity index (χ0v) is 10.4. The molecule has 94 valence electrons. The maximum absolute atomic E-state index is 10.3. The number of hydrogen-bond acceptors (Lipinski definition) is 3. The van der Waals surface area contributed by atoms with Gasteiger partial charge >= 0.3 is 6.09 Å². The Morgan fingerprint density at radius 1 is 1.35 bits per heavy atom. The Balaban J connectivity index is 2.83. The van der Waals surface area contributed by atoms with Crippen molar-refractivity contribution in [3.8, 4) is 11.5 Å². The molecule has 0 fully saturated rings. The van der Waals surface area contributed by atoms with Crippen LogP contribution >= 0.6 is 11.6 Å². The molecule has 0 aliphatic carbocycles. The van der Waals surface area contributed by atoms with Crippen LogP contribution in [0, 0.1) is 0 Å². The zero-order valence-electron chi connectivity index (χ0n) is 9.62. The van der Waals surface area contributed by atoms with Crippen molar-refractivity contribution in [2.45, 2.75) is 6.42 Å². The molecule has 1 aromatic rings. The van der Waals surface area contributed by atoms with Gasteiger partial charge in [0.25, 0.3) is 0 Å². The summed E-state index contributed by atoms with van der Waals surface area (Å²) in [4.78, 5) is 10.3. The second-order valence-corrected chi connectivity index (χ2v) is 3.69. The lowest BCUT2D eigenvalue weighted by Crippen LogP contribution is -2.23. The molecule has 0 bridgehead atoms. The molecule has 1 amide bonds. The first-order valence-corrected chi connectivity index (χ1v) is 5.33. The highest BCUT2D eigenvalue weighted by Crippen LogP contribution is 2.32. The number of benzene rings is 1. The normalized spacial score (nSPS) is 9.82. The molecule has 17 heavy (non-hydrogen) atoms. The van der Waals surface area contributed by atoms with E-state index in [0.717, 1.165) is 5.56 Å². The van der Waals surface area contributed by atoms with Crippen LogP contribution in [0.3, 0.4) is 0 Å². The third kappa shape index (κ3) is 3.71. The summed E-state index contributed by atoms with van der Waals surface area (Å²) in [5.41, 5.74) is 0.826. The lowest BCUT2D eigenvalue weighted by Gasteiger charge is -2.11. The van der Waals surface area contributed by atoms with Crippen molar-refractivity contribution in [1.29, 1.82) is 0 Å². The number of nitrogens with one attached hydrogen (secondary N) is 1. The van der Waals surface area contributed by atoms with Crippen molar-refractivity contribution < 1.29 is 19.4 Å². The van der Waals surface area contributed by atoms with Crippen LogP contribution in [0.1, 0.15) is 5.56 Å². The Morgan fingerprint density at radius 2 is 2.00 bits per heavy atom. The fourth-order valence-electron chi connectivity index (χ4n) is 1.42. The summed E-state index contributed by atoms with van der Waals surface area (Å²) in [5, 5.41) is 11.2. The standard InChI is InChI=1S/C11H14ClNO4/c1-16-9-6-10(17-2)8(12)5-7(9)3-4-13-11(14)15/h5-6,13H,3-4H2,1-2H3,(H,14,15). The first kappa shape index (κ1) is 13.4. The van der Waals surface area contributed by atoms with Crippen molar-refractivity contribution >= 4 is 17.7 Å². The number of methoxy groups -OCH3 is 2. The summed E-state index contributed by atoms with van der Waals surface area (Å²) < 4.78 is 10.2. The van der Waals surface area contributed by atoms with E-state index in [0.29, 0.717) is 29.5 Å². The van der Waals surface area contributed by atoms with Crippen molar-refractivity contribution in [2.75, 3.05) is 20.8 Å². The van der Waals surface area contributed by atoms with Crippen LogP contribution in [-0.4, -0.2) is 32.0 Å². The van der Waals surface area contributed by atoms with E-state index in [2.05, 4.69) is 5.32 Å². The van der Waals surface area contributed by atoms with Gasteiger partial charge in [-0.1, -0.05) is 11.6 Å². The highest BCUT2D eigenvalue weighted by Gasteiger charge is 2.09. The number of carbonyl (C=O) groups is 1. The molecule has 6 heteroatoms. The summed E-state index contributed by atoms with van der Waals surface area (Å²) in [5.74, 6) is 1.15. The number of rotatable bonds is 5. The van der Waals surface area contributed by atoms with Crippen LogP contribution in [0.15, 0.2) is 12.1 Å². The minimum absolute atomic E-state index is 0.300. The second-order valence-electron chi connectivity index (χ2n) is 3.28. The summed E-state index contributed by atoms with van der Waals surface area (Å²) in [6, 6.07) is 3.39. The van der Waals surface area contributed by atoms with Crippen molar-refractivity contribution in [3.63, 3.8) is 0 Å². The Kier molecular flexibility index (Phi) is 4.90. The van der Waals surface area contributed by atoms with Crippen LogP contribution in [-0.2, 0) is 6.42 Å². The first-order valence-electron chi connectivity index (χ1n) is 4.95. The second kappa shape index (κ2) is 6.20. The van der Waals surface area contributed by atoms with E-state index in [4.69, 9.17) is 26.2 Å². The van der Waals surface area contributed by atoms with Gasteiger partial charge in [-0.05, 0) is 18.1 Å². The molecule has 0 atom stereocenters. The summed E-state index contributed by atoms with van der Waals surface area (Å²) in [7, 11) is 3.06. The quantitative estimate of drug-likeness (QED) is 0.850. The lowest BCUT2D eigenvalue weighted by atomic mass is 10.1. The number of ether oxygens (including phenoxy) is 2. The predicted octanol–water partition coefficient (Wildman–Crippen LogP) is 2.17. The van der Waals surface area contributed by atoms with Crippen molar-refractivity contribution in [1.82, 2.24) is 5.32 Å². The van der Waals surface area contributed by atoms with E-state index in [1.807, 2.05) is 0 Å². The third-order valence-corrected chi connectivity index (χ3v) is 2.52. The molecule has 0 saturated carbocycles. The fourth-order valence-corrected chi connectivity index (χ4v) is 1.69. The van der Waals surface area contributed by atoms with E-state index in [9.17, 15) is 4.79 Å². The van der Waals surface area contributed by atoms with Crippen LogP contribution in [0.4, 0.5) is 4.79 Å². The molecule has 5 nitrogen and oxygen atoms in total. The minimum Gasteiger partial charge on any atom is -0.496 e. The van der Waals surface area contributed by atoms with Gasteiger partial charge in [-0.25, -0.2) is 4.79 Å². The minimum atomic E-state index is -1.05. The van der Waals surface area contributed by atoms with Gasteiger partial charge in [0.1, 0.15) is 11.5 Å². The predicted molar refractivity (Wildman–Crippen MR) is 64.3 cm³/mol. The van der Waals surface area contributed by atoms with Crippen LogP contribution in [0.2, 0.25) is 5.02 Å². The average molecular weight is 260 g/mol. The van der Waals surface area contributed by atoms with Gasteiger partial charge in [0, 0.05) is 12.6 Å². The maximum Gasteiger partial charge on any atom is 0.404 e. The Bertz CT molecular complexity index is 409. The number of halogens is 1. The molecule has 0 radical (unpaired) electrons. The van der Waals surface area contributed by atoms with E-state index in [1.165, 1.54) is 14.2 Å². The van der Waals surface area contributed by atoms with Gasteiger partial charge in [-0.15, -0.1) is 0 Å². The number of carboxylic acid groups (broad SMARTS) is 1. The molecule has 0 saturated heterocycles. The largest absolute Gasteiger partial charge is 0.496 e. The highest BCUT2D eigenvalue weighted by molar-refractivity contribution is 6.32. The first-order chi connectivity index (χ1) is 8.08. The average Bonchev–Trinajstić information content (AvgIpc) is 2.29.